The van der Waals surface area contributed by atoms with Crippen molar-refractivity contribution in [3.8, 4) is 56.7 Å². The van der Waals surface area contributed by atoms with Crippen LogP contribution in [0.5, 0.6) is 11.5 Å². The highest BCUT2D eigenvalue weighted by atomic mass is 35.5. The second-order valence-electron chi connectivity index (χ2n) is 7.74. The van der Waals surface area contributed by atoms with Gasteiger partial charge in [0.15, 0.2) is 0 Å². The van der Waals surface area contributed by atoms with E-state index in [4.69, 9.17) is 37.1 Å². The lowest BCUT2D eigenvalue weighted by Gasteiger charge is -2.10. The standard InChI is InChI=1S/C28H20Cl2N2O3/c1-33-20-8-3-17(4-9-20)25-16-22(28(32-31-25)18-5-10-21(34-2)11-6-18)27-14-13-26(35-27)19-7-12-23(29)24(30)15-19/h3-16H,1-2H3. The summed E-state index contributed by atoms with van der Waals surface area (Å²) in [5.74, 6) is 2.86. The van der Waals surface area contributed by atoms with Gasteiger partial charge in [-0.05, 0) is 84.9 Å². The summed E-state index contributed by atoms with van der Waals surface area (Å²) in [6.45, 7) is 0. The third-order valence-electron chi connectivity index (χ3n) is 5.62. The van der Waals surface area contributed by atoms with Crippen molar-refractivity contribution in [1.29, 1.82) is 0 Å². The van der Waals surface area contributed by atoms with Crippen molar-refractivity contribution in [3.05, 3.63) is 95.0 Å². The Morgan fingerprint density at radius 1 is 0.600 bits per heavy atom. The number of hydrogen-bond acceptors (Lipinski definition) is 5. The molecule has 5 rings (SSSR count). The van der Waals surface area contributed by atoms with Gasteiger partial charge in [-0.15, -0.1) is 10.2 Å². The fourth-order valence-corrected chi connectivity index (χ4v) is 4.03. The van der Waals surface area contributed by atoms with Crippen LogP contribution in [0.15, 0.2) is 89.3 Å². The molecule has 0 saturated heterocycles. The third kappa shape index (κ3) is 4.74. The topological polar surface area (TPSA) is 57.4 Å². The Labute approximate surface area is 212 Å². The molecule has 0 radical (unpaired) electrons. The van der Waals surface area contributed by atoms with E-state index in [0.29, 0.717) is 33.0 Å². The van der Waals surface area contributed by atoms with E-state index < -0.39 is 0 Å². The van der Waals surface area contributed by atoms with Crippen LogP contribution in [0, 0.1) is 0 Å². The number of furan rings is 1. The average molecular weight is 503 g/mol. The number of rotatable bonds is 6. The van der Waals surface area contributed by atoms with Gasteiger partial charge in [0.1, 0.15) is 28.7 Å². The number of methoxy groups -OCH3 is 2. The summed E-state index contributed by atoms with van der Waals surface area (Å²) in [6, 6.07) is 26.6. The summed E-state index contributed by atoms with van der Waals surface area (Å²) in [5, 5.41) is 10.0. The molecule has 0 bridgehead atoms. The molecule has 0 fully saturated rings. The highest BCUT2D eigenvalue weighted by molar-refractivity contribution is 6.42. The first-order chi connectivity index (χ1) is 17.1. The van der Waals surface area contributed by atoms with Crippen LogP contribution in [0.3, 0.4) is 0 Å². The largest absolute Gasteiger partial charge is 0.497 e. The molecule has 174 valence electrons. The van der Waals surface area contributed by atoms with Crippen molar-refractivity contribution in [2.75, 3.05) is 14.2 Å². The number of aromatic nitrogens is 2. The first-order valence-corrected chi connectivity index (χ1v) is 11.5. The Morgan fingerprint density at radius 2 is 1.20 bits per heavy atom. The molecule has 0 unspecified atom stereocenters. The van der Waals surface area contributed by atoms with Crippen LogP contribution in [0.4, 0.5) is 0 Å². The van der Waals surface area contributed by atoms with Gasteiger partial charge >= 0.3 is 0 Å². The van der Waals surface area contributed by atoms with E-state index in [2.05, 4.69) is 10.2 Å². The number of hydrogen-bond donors (Lipinski definition) is 0. The van der Waals surface area contributed by atoms with Crippen LogP contribution >= 0.6 is 23.2 Å². The molecule has 5 aromatic rings. The molecule has 35 heavy (non-hydrogen) atoms. The lowest BCUT2D eigenvalue weighted by molar-refractivity contribution is 0.414. The normalized spacial score (nSPS) is 10.9. The van der Waals surface area contributed by atoms with Gasteiger partial charge in [-0.1, -0.05) is 23.2 Å². The summed E-state index contributed by atoms with van der Waals surface area (Å²) >= 11 is 12.3. The molecule has 2 aromatic heterocycles. The molecular formula is C28H20Cl2N2O3. The second-order valence-corrected chi connectivity index (χ2v) is 8.56. The molecule has 0 N–H and O–H groups in total. The first kappa shape index (κ1) is 23.0. The van der Waals surface area contributed by atoms with Gasteiger partial charge in [-0.25, -0.2) is 0 Å². The van der Waals surface area contributed by atoms with Crippen molar-refractivity contribution >= 4 is 23.2 Å². The molecule has 7 heteroatoms. The summed E-state index contributed by atoms with van der Waals surface area (Å²) in [4.78, 5) is 0. The fourth-order valence-electron chi connectivity index (χ4n) is 3.73. The number of halogens is 2. The Hall–Kier alpha value is -3.80. The monoisotopic (exact) mass is 502 g/mol. The first-order valence-electron chi connectivity index (χ1n) is 10.8. The maximum Gasteiger partial charge on any atom is 0.137 e. The fraction of sp³-hybridized carbons (Fsp3) is 0.0714. The zero-order valence-electron chi connectivity index (χ0n) is 19.0. The van der Waals surface area contributed by atoms with E-state index in [1.54, 1.807) is 26.4 Å². The van der Waals surface area contributed by atoms with Crippen LogP contribution in [0.1, 0.15) is 0 Å². The predicted molar refractivity (Wildman–Crippen MR) is 139 cm³/mol. The van der Waals surface area contributed by atoms with E-state index in [1.807, 2.05) is 72.8 Å². The molecule has 0 amide bonds. The van der Waals surface area contributed by atoms with Crippen LogP contribution in [0.25, 0.3) is 45.2 Å². The molecule has 5 nitrogen and oxygen atoms in total. The van der Waals surface area contributed by atoms with E-state index in [-0.39, 0.29) is 0 Å². The summed E-state index contributed by atoms with van der Waals surface area (Å²) in [6.07, 6.45) is 0. The molecule has 0 aliphatic rings. The number of ether oxygens (including phenoxy) is 2. The van der Waals surface area contributed by atoms with Crippen molar-refractivity contribution in [2.24, 2.45) is 0 Å². The van der Waals surface area contributed by atoms with E-state index >= 15 is 0 Å². The molecule has 0 atom stereocenters. The van der Waals surface area contributed by atoms with Crippen molar-refractivity contribution in [2.45, 2.75) is 0 Å². The zero-order valence-corrected chi connectivity index (χ0v) is 20.5. The lowest BCUT2D eigenvalue weighted by Crippen LogP contribution is -1.95. The Balaban J connectivity index is 1.62. The van der Waals surface area contributed by atoms with Crippen molar-refractivity contribution < 1.29 is 13.9 Å². The molecule has 0 spiro atoms. The summed E-state index contributed by atoms with van der Waals surface area (Å²) in [5.41, 5.74) is 4.85. The van der Waals surface area contributed by atoms with Gasteiger partial charge in [0.2, 0.25) is 0 Å². The number of benzene rings is 3. The Morgan fingerprint density at radius 3 is 1.83 bits per heavy atom. The van der Waals surface area contributed by atoms with Gasteiger partial charge in [-0.2, -0.15) is 0 Å². The van der Waals surface area contributed by atoms with Gasteiger partial charge < -0.3 is 13.9 Å². The Bertz CT molecular complexity index is 1480. The quantitative estimate of drug-likeness (QED) is 0.235. The Kier molecular flexibility index (Phi) is 6.45. The van der Waals surface area contributed by atoms with E-state index in [1.165, 1.54) is 0 Å². The average Bonchev–Trinajstić information content (AvgIpc) is 3.40. The SMILES string of the molecule is COc1ccc(-c2cc(-c3ccc(-c4ccc(Cl)c(Cl)c4)o3)c(-c3ccc(OC)cc3)nn2)cc1. The van der Waals surface area contributed by atoms with Gasteiger partial charge in [0.05, 0.1) is 30.0 Å². The van der Waals surface area contributed by atoms with Crippen molar-refractivity contribution in [1.82, 2.24) is 10.2 Å². The van der Waals surface area contributed by atoms with Crippen LogP contribution in [-0.2, 0) is 0 Å². The lowest BCUT2D eigenvalue weighted by atomic mass is 10.0. The van der Waals surface area contributed by atoms with Gasteiger partial charge in [-0.3, -0.25) is 0 Å². The summed E-state index contributed by atoms with van der Waals surface area (Å²) in [7, 11) is 3.27. The highest BCUT2D eigenvalue weighted by Crippen LogP contribution is 2.37. The molecular weight excluding hydrogens is 483 g/mol. The van der Waals surface area contributed by atoms with Crippen LogP contribution < -0.4 is 9.47 Å². The molecule has 3 aromatic carbocycles. The molecule has 0 aliphatic carbocycles. The van der Waals surface area contributed by atoms with Crippen LogP contribution in [-0.4, -0.2) is 24.4 Å². The number of nitrogens with zero attached hydrogens (tertiary/aromatic N) is 2. The molecule has 0 aliphatic heterocycles. The summed E-state index contributed by atoms with van der Waals surface area (Å²) < 4.78 is 16.8. The maximum atomic E-state index is 6.27. The van der Waals surface area contributed by atoms with Gasteiger partial charge in [0, 0.05) is 22.3 Å². The molecule has 2 heterocycles. The van der Waals surface area contributed by atoms with E-state index in [9.17, 15) is 0 Å². The highest BCUT2D eigenvalue weighted by Gasteiger charge is 2.17. The minimum Gasteiger partial charge on any atom is -0.497 e. The predicted octanol–water partition coefficient (Wildman–Crippen LogP) is 8.06. The minimum atomic E-state index is 0.466. The second kappa shape index (κ2) is 9.82. The van der Waals surface area contributed by atoms with Crippen LogP contribution in [0.2, 0.25) is 10.0 Å². The van der Waals surface area contributed by atoms with Crippen molar-refractivity contribution in [3.63, 3.8) is 0 Å². The zero-order chi connectivity index (χ0) is 24.4. The molecule has 0 saturated carbocycles. The smallest absolute Gasteiger partial charge is 0.137 e. The van der Waals surface area contributed by atoms with Gasteiger partial charge in [0.25, 0.3) is 0 Å². The maximum absolute atomic E-state index is 6.27. The van der Waals surface area contributed by atoms with E-state index in [0.717, 1.165) is 33.8 Å². The third-order valence-corrected chi connectivity index (χ3v) is 6.36. The minimum absolute atomic E-state index is 0.466.